The second kappa shape index (κ2) is 5.97. The summed E-state index contributed by atoms with van der Waals surface area (Å²) < 4.78 is 12.5. The molecule has 1 aromatic carbocycles. The van der Waals surface area contributed by atoms with E-state index in [4.69, 9.17) is 9.15 Å². The Morgan fingerprint density at radius 3 is 2.73 bits per heavy atom. The van der Waals surface area contributed by atoms with Gasteiger partial charge in [0.15, 0.2) is 5.58 Å². The van der Waals surface area contributed by atoms with Gasteiger partial charge in [-0.1, -0.05) is 12.1 Å². The maximum atomic E-state index is 12.3. The molecule has 0 fully saturated rings. The lowest BCUT2D eigenvalue weighted by Crippen LogP contribution is -2.24. The van der Waals surface area contributed by atoms with Gasteiger partial charge in [-0.25, -0.2) is 0 Å². The van der Waals surface area contributed by atoms with Crippen LogP contribution in [0.25, 0.3) is 11.1 Å². The number of amides is 1. The van der Waals surface area contributed by atoms with Crippen LogP contribution in [0.5, 0.6) is 5.75 Å². The Labute approximate surface area is 128 Å². The molecular formula is C17H18N2O3. The standard InChI is InChI=1S/C17H18N2O3/c1-3-21-13-6-4-12(5-7-13)11-18-17(20)15-10-16-14(19(15)2)8-9-22-16/h4-10H,3,11H2,1-2H3,(H,18,20). The highest BCUT2D eigenvalue weighted by molar-refractivity contribution is 5.97. The molecule has 0 saturated heterocycles. The third-order valence-corrected chi connectivity index (χ3v) is 3.58. The molecule has 3 aromatic rings. The van der Waals surface area contributed by atoms with Crippen molar-refractivity contribution in [2.75, 3.05) is 6.61 Å². The van der Waals surface area contributed by atoms with E-state index in [2.05, 4.69) is 5.32 Å². The van der Waals surface area contributed by atoms with E-state index in [9.17, 15) is 4.79 Å². The van der Waals surface area contributed by atoms with Gasteiger partial charge in [0.25, 0.3) is 5.91 Å². The molecule has 0 aliphatic rings. The summed E-state index contributed by atoms with van der Waals surface area (Å²) in [5, 5.41) is 2.92. The molecule has 1 N–H and O–H groups in total. The van der Waals surface area contributed by atoms with Gasteiger partial charge < -0.3 is 19.0 Å². The van der Waals surface area contributed by atoms with Crippen molar-refractivity contribution in [1.82, 2.24) is 9.88 Å². The highest BCUT2D eigenvalue weighted by atomic mass is 16.5. The van der Waals surface area contributed by atoms with Crippen molar-refractivity contribution in [2.24, 2.45) is 7.05 Å². The summed E-state index contributed by atoms with van der Waals surface area (Å²) in [5.41, 5.74) is 3.23. The Balaban J connectivity index is 1.66. The smallest absolute Gasteiger partial charge is 0.268 e. The van der Waals surface area contributed by atoms with Crippen LogP contribution < -0.4 is 10.1 Å². The summed E-state index contributed by atoms with van der Waals surface area (Å²) in [4.78, 5) is 12.3. The number of hydrogen-bond donors (Lipinski definition) is 1. The van der Waals surface area contributed by atoms with Crippen LogP contribution in [0.15, 0.2) is 47.1 Å². The first-order valence-electron chi connectivity index (χ1n) is 7.22. The molecule has 114 valence electrons. The third kappa shape index (κ3) is 2.70. The molecule has 0 aliphatic carbocycles. The lowest BCUT2D eigenvalue weighted by atomic mass is 10.2. The number of aromatic nitrogens is 1. The van der Waals surface area contributed by atoms with Crippen LogP contribution in [0, 0.1) is 0 Å². The Morgan fingerprint density at radius 1 is 1.27 bits per heavy atom. The van der Waals surface area contributed by atoms with Crippen molar-refractivity contribution in [1.29, 1.82) is 0 Å². The quantitative estimate of drug-likeness (QED) is 0.787. The summed E-state index contributed by atoms with van der Waals surface area (Å²) in [6.07, 6.45) is 1.62. The number of rotatable bonds is 5. The average molecular weight is 298 g/mol. The Kier molecular flexibility index (Phi) is 3.87. The Hall–Kier alpha value is -2.69. The number of nitrogens with zero attached hydrogens (tertiary/aromatic N) is 1. The van der Waals surface area contributed by atoms with Crippen molar-refractivity contribution >= 4 is 17.0 Å². The summed E-state index contributed by atoms with van der Waals surface area (Å²) in [6.45, 7) is 3.06. The van der Waals surface area contributed by atoms with Gasteiger partial charge in [-0.2, -0.15) is 0 Å². The highest BCUT2D eigenvalue weighted by Crippen LogP contribution is 2.19. The van der Waals surface area contributed by atoms with Gasteiger partial charge in [0, 0.05) is 25.7 Å². The van der Waals surface area contributed by atoms with E-state index in [1.807, 2.05) is 48.9 Å². The predicted molar refractivity (Wildman–Crippen MR) is 84.0 cm³/mol. The molecule has 5 heteroatoms. The molecule has 0 saturated carbocycles. The number of fused-ring (bicyclic) bond motifs is 1. The summed E-state index contributed by atoms with van der Waals surface area (Å²) >= 11 is 0. The van der Waals surface area contributed by atoms with Crippen LogP contribution in [-0.2, 0) is 13.6 Å². The number of benzene rings is 1. The van der Waals surface area contributed by atoms with E-state index in [0.717, 1.165) is 16.8 Å². The second-order valence-electron chi connectivity index (χ2n) is 5.02. The maximum Gasteiger partial charge on any atom is 0.268 e. The van der Waals surface area contributed by atoms with Crippen LogP contribution in [0.3, 0.4) is 0 Å². The molecule has 5 nitrogen and oxygen atoms in total. The largest absolute Gasteiger partial charge is 0.494 e. The van der Waals surface area contributed by atoms with Gasteiger partial charge in [-0.15, -0.1) is 0 Å². The van der Waals surface area contributed by atoms with E-state index in [0.29, 0.717) is 24.4 Å². The second-order valence-corrected chi connectivity index (χ2v) is 5.02. The first-order chi connectivity index (χ1) is 10.7. The van der Waals surface area contributed by atoms with Gasteiger partial charge in [0.1, 0.15) is 11.4 Å². The fraction of sp³-hybridized carbons (Fsp3) is 0.235. The minimum Gasteiger partial charge on any atom is -0.494 e. The van der Waals surface area contributed by atoms with E-state index in [-0.39, 0.29) is 5.91 Å². The van der Waals surface area contributed by atoms with Gasteiger partial charge in [-0.05, 0) is 24.6 Å². The van der Waals surface area contributed by atoms with Crippen molar-refractivity contribution < 1.29 is 13.9 Å². The predicted octanol–water partition coefficient (Wildman–Crippen LogP) is 3.10. The molecular weight excluding hydrogens is 280 g/mol. The van der Waals surface area contributed by atoms with E-state index < -0.39 is 0 Å². The van der Waals surface area contributed by atoms with E-state index in [1.165, 1.54) is 0 Å². The molecule has 3 rings (SSSR count). The van der Waals surface area contributed by atoms with Gasteiger partial charge in [-0.3, -0.25) is 4.79 Å². The summed E-state index contributed by atoms with van der Waals surface area (Å²) in [5.74, 6) is 0.711. The van der Waals surface area contributed by atoms with Crippen LogP contribution in [-0.4, -0.2) is 17.1 Å². The number of nitrogens with one attached hydrogen (secondary N) is 1. The van der Waals surface area contributed by atoms with Crippen LogP contribution in [0.4, 0.5) is 0 Å². The first kappa shape index (κ1) is 14.3. The Morgan fingerprint density at radius 2 is 2.05 bits per heavy atom. The number of furan rings is 1. The number of aryl methyl sites for hydroxylation is 1. The number of ether oxygens (including phenoxy) is 1. The number of carbonyl (C=O) groups excluding carboxylic acids is 1. The minimum atomic E-state index is -0.122. The zero-order chi connectivity index (χ0) is 15.5. The fourth-order valence-corrected chi connectivity index (χ4v) is 2.41. The maximum absolute atomic E-state index is 12.3. The summed E-state index contributed by atoms with van der Waals surface area (Å²) in [7, 11) is 1.85. The molecule has 0 aliphatic heterocycles. The first-order valence-corrected chi connectivity index (χ1v) is 7.22. The average Bonchev–Trinajstić information content (AvgIpc) is 3.10. The van der Waals surface area contributed by atoms with Crippen LogP contribution in [0.1, 0.15) is 23.0 Å². The fourth-order valence-electron chi connectivity index (χ4n) is 2.41. The molecule has 0 spiro atoms. The number of hydrogen-bond acceptors (Lipinski definition) is 3. The van der Waals surface area contributed by atoms with E-state index in [1.54, 1.807) is 12.3 Å². The van der Waals surface area contributed by atoms with Crippen molar-refractivity contribution in [3.05, 3.63) is 53.9 Å². The molecule has 2 aromatic heterocycles. The third-order valence-electron chi connectivity index (χ3n) is 3.58. The molecule has 2 heterocycles. The highest BCUT2D eigenvalue weighted by Gasteiger charge is 2.14. The monoisotopic (exact) mass is 298 g/mol. The van der Waals surface area contributed by atoms with Crippen molar-refractivity contribution in [3.63, 3.8) is 0 Å². The number of carbonyl (C=O) groups is 1. The zero-order valence-corrected chi connectivity index (χ0v) is 12.6. The van der Waals surface area contributed by atoms with Crippen LogP contribution in [0.2, 0.25) is 0 Å². The van der Waals surface area contributed by atoms with Crippen molar-refractivity contribution in [2.45, 2.75) is 13.5 Å². The lowest BCUT2D eigenvalue weighted by molar-refractivity contribution is 0.0943. The summed E-state index contributed by atoms with van der Waals surface area (Å²) in [6, 6.07) is 11.3. The molecule has 22 heavy (non-hydrogen) atoms. The molecule has 0 unspecified atom stereocenters. The van der Waals surface area contributed by atoms with Gasteiger partial charge in [0.05, 0.1) is 18.4 Å². The van der Waals surface area contributed by atoms with E-state index >= 15 is 0 Å². The van der Waals surface area contributed by atoms with Crippen molar-refractivity contribution in [3.8, 4) is 5.75 Å². The van der Waals surface area contributed by atoms with Gasteiger partial charge >= 0.3 is 0 Å². The van der Waals surface area contributed by atoms with Gasteiger partial charge in [0.2, 0.25) is 0 Å². The topological polar surface area (TPSA) is 56.4 Å². The molecule has 0 bridgehead atoms. The Bertz CT molecular complexity index is 784. The molecule has 1 amide bonds. The lowest BCUT2D eigenvalue weighted by Gasteiger charge is -2.08. The minimum absolute atomic E-state index is 0.122. The molecule has 0 atom stereocenters. The zero-order valence-electron chi connectivity index (χ0n) is 12.6. The SMILES string of the molecule is CCOc1ccc(CNC(=O)c2cc3occc3n2C)cc1. The normalized spacial score (nSPS) is 10.8. The van der Waals surface area contributed by atoms with Crippen LogP contribution >= 0.6 is 0 Å². The molecule has 0 radical (unpaired) electrons.